The van der Waals surface area contributed by atoms with Gasteiger partial charge in [-0.3, -0.25) is 10.2 Å². The van der Waals surface area contributed by atoms with Crippen LogP contribution in [-0.2, 0) is 19.4 Å². The molecule has 19 heavy (non-hydrogen) atoms. The van der Waals surface area contributed by atoms with Crippen molar-refractivity contribution in [2.75, 3.05) is 5.75 Å². The maximum atomic E-state index is 11.6. The summed E-state index contributed by atoms with van der Waals surface area (Å²) in [6.45, 7) is 7.99. The van der Waals surface area contributed by atoms with Crippen molar-refractivity contribution >= 4 is 21.8 Å². The molecular weight excluding hydrogens is 272 g/mol. The zero-order valence-electron chi connectivity index (χ0n) is 11.9. The van der Waals surface area contributed by atoms with Crippen molar-refractivity contribution in [3.8, 4) is 0 Å². The van der Waals surface area contributed by atoms with Crippen molar-refractivity contribution in [3.05, 3.63) is 0 Å². The summed E-state index contributed by atoms with van der Waals surface area (Å²) in [5.41, 5.74) is 3.34. The molecule has 2 amide bonds. The fourth-order valence-corrected chi connectivity index (χ4v) is 2.45. The van der Waals surface area contributed by atoms with Gasteiger partial charge in [0.25, 0.3) is 5.91 Å². The molecule has 0 unspecified atom stereocenters. The monoisotopic (exact) mass is 294 g/mol. The van der Waals surface area contributed by atoms with Crippen LogP contribution in [0.1, 0.15) is 41.0 Å². The molecule has 8 heteroatoms. The van der Waals surface area contributed by atoms with Crippen molar-refractivity contribution in [2.24, 2.45) is 0 Å². The fraction of sp³-hybridized carbons (Fsp3) is 0.818. The van der Waals surface area contributed by atoms with Crippen LogP contribution >= 0.6 is 0 Å². The third-order valence-corrected chi connectivity index (χ3v) is 4.35. The summed E-state index contributed by atoms with van der Waals surface area (Å²) in [6.07, 6.45) is -0.416. The highest BCUT2D eigenvalue weighted by atomic mass is 32.2. The number of amides is 2. The highest BCUT2D eigenvalue weighted by Crippen LogP contribution is 2.06. The number of carbonyl (C=O) groups is 2. The summed E-state index contributed by atoms with van der Waals surface area (Å²) >= 11 is 0. The number of hydrogen-bond donors (Lipinski definition) is 2. The number of rotatable bonds is 4. The first-order chi connectivity index (χ1) is 8.49. The van der Waals surface area contributed by atoms with E-state index in [4.69, 9.17) is 4.74 Å². The molecule has 0 aliphatic heterocycles. The van der Waals surface area contributed by atoms with E-state index in [9.17, 15) is 18.0 Å². The van der Waals surface area contributed by atoms with Crippen molar-refractivity contribution in [2.45, 2.75) is 51.9 Å². The van der Waals surface area contributed by atoms with E-state index in [2.05, 4.69) is 0 Å². The van der Waals surface area contributed by atoms with E-state index < -0.39 is 32.7 Å². The third-order valence-electron chi connectivity index (χ3n) is 2.08. The molecular formula is C11H22N2O5S. The maximum absolute atomic E-state index is 11.6. The van der Waals surface area contributed by atoms with Gasteiger partial charge in [-0.25, -0.2) is 18.6 Å². The first-order valence-corrected chi connectivity index (χ1v) is 7.71. The van der Waals surface area contributed by atoms with Gasteiger partial charge in [-0.05, 0) is 34.1 Å². The topological polar surface area (TPSA) is 102 Å². The Balaban J connectivity index is 4.37. The molecule has 0 rings (SSSR count). The van der Waals surface area contributed by atoms with Crippen molar-refractivity contribution in [3.63, 3.8) is 0 Å². The normalized spacial score (nSPS) is 13.5. The Morgan fingerprint density at radius 2 is 1.74 bits per heavy atom. The standard InChI is InChI=1S/C11H22N2O5S/c1-6-7-19(16,17)8(2)9(14)12-13-10(15)18-11(3,4)5/h8H,6-7H2,1-5H3,(H,12,14)(H,13,15)/t8-/m1/s1. The predicted octanol–water partition coefficient (Wildman–Crippen LogP) is 0.756. The average Bonchev–Trinajstić information content (AvgIpc) is 2.22. The molecule has 0 bridgehead atoms. The Morgan fingerprint density at radius 3 is 2.16 bits per heavy atom. The van der Waals surface area contributed by atoms with Crippen LogP contribution in [0.4, 0.5) is 4.79 Å². The number of nitrogens with one attached hydrogen (secondary N) is 2. The summed E-state index contributed by atoms with van der Waals surface area (Å²) in [4.78, 5) is 22.8. The SMILES string of the molecule is CCCS(=O)(=O)[C@H](C)C(=O)NNC(=O)OC(C)(C)C. The van der Waals surface area contributed by atoms with Crippen LogP contribution in [0.3, 0.4) is 0 Å². The van der Waals surface area contributed by atoms with Crippen LogP contribution in [0.15, 0.2) is 0 Å². The van der Waals surface area contributed by atoms with Gasteiger partial charge in [-0.1, -0.05) is 6.92 Å². The smallest absolute Gasteiger partial charge is 0.426 e. The van der Waals surface area contributed by atoms with E-state index >= 15 is 0 Å². The fourth-order valence-electron chi connectivity index (χ4n) is 1.14. The van der Waals surface area contributed by atoms with E-state index in [1.54, 1.807) is 27.7 Å². The average molecular weight is 294 g/mol. The van der Waals surface area contributed by atoms with Gasteiger partial charge in [0.15, 0.2) is 9.84 Å². The van der Waals surface area contributed by atoms with Crippen LogP contribution in [0, 0.1) is 0 Å². The second kappa shape index (κ2) is 6.74. The van der Waals surface area contributed by atoms with Crippen LogP contribution < -0.4 is 10.9 Å². The summed E-state index contributed by atoms with van der Waals surface area (Å²) in [5.74, 6) is -0.868. The van der Waals surface area contributed by atoms with Crippen molar-refractivity contribution in [1.29, 1.82) is 0 Å². The zero-order chi connectivity index (χ0) is 15.3. The molecule has 0 aromatic carbocycles. The summed E-state index contributed by atoms with van der Waals surface area (Å²) < 4.78 is 28.2. The van der Waals surface area contributed by atoms with Gasteiger partial charge in [-0.2, -0.15) is 0 Å². The molecule has 0 aliphatic rings. The summed E-state index contributed by atoms with van der Waals surface area (Å²) in [7, 11) is -3.50. The van der Waals surface area contributed by atoms with E-state index in [-0.39, 0.29) is 5.75 Å². The first-order valence-electron chi connectivity index (χ1n) is 6.00. The largest absolute Gasteiger partial charge is 0.443 e. The second-order valence-electron chi connectivity index (χ2n) is 5.13. The van der Waals surface area contributed by atoms with Gasteiger partial charge >= 0.3 is 6.09 Å². The number of sulfone groups is 1. The predicted molar refractivity (Wildman–Crippen MR) is 71.1 cm³/mol. The van der Waals surface area contributed by atoms with E-state index in [0.29, 0.717) is 6.42 Å². The number of carbonyl (C=O) groups excluding carboxylic acids is 2. The lowest BCUT2D eigenvalue weighted by Gasteiger charge is -2.20. The Kier molecular flexibility index (Phi) is 6.28. The zero-order valence-corrected chi connectivity index (χ0v) is 12.8. The number of ether oxygens (including phenoxy) is 1. The molecule has 0 aromatic rings. The highest BCUT2D eigenvalue weighted by molar-refractivity contribution is 7.92. The minimum Gasteiger partial charge on any atom is -0.443 e. The Morgan fingerprint density at radius 1 is 1.21 bits per heavy atom. The first kappa shape index (κ1) is 17.7. The Hall–Kier alpha value is -1.31. The Labute approximate surface area is 114 Å². The molecule has 0 saturated carbocycles. The van der Waals surface area contributed by atoms with Crippen LogP contribution in [0.25, 0.3) is 0 Å². The van der Waals surface area contributed by atoms with Gasteiger partial charge < -0.3 is 4.74 Å². The maximum Gasteiger partial charge on any atom is 0.426 e. The highest BCUT2D eigenvalue weighted by Gasteiger charge is 2.27. The lowest BCUT2D eigenvalue weighted by Crippen LogP contribution is -2.49. The molecule has 2 N–H and O–H groups in total. The van der Waals surface area contributed by atoms with E-state index in [1.807, 2.05) is 10.9 Å². The van der Waals surface area contributed by atoms with Crippen molar-refractivity contribution < 1.29 is 22.7 Å². The molecule has 0 fully saturated rings. The van der Waals surface area contributed by atoms with Crippen LogP contribution in [0.5, 0.6) is 0 Å². The summed E-state index contributed by atoms with van der Waals surface area (Å²) in [6, 6.07) is 0. The molecule has 112 valence electrons. The molecule has 0 heterocycles. The molecule has 0 saturated heterocycles. The minimum absolute atomic E-state index is 0.0754. The van der Waals surface area contributed by atoms with E-state index in [0.717, 1.165) is 0 Å². The minimum atomic E-state index is -3.50. The second-order valence-corrected chi connectivity index (χ2v) is 7.57. The molecule has 1 atom stereocenters. The molecule has 7 nitrogen and oxygen atoms in total. The van der Waals surface area contributed by atoms with Crippen LogP contribution in [0.2, 0.25) is 0 Å². The number of hydrogen-bond acceptors (Lipinski definition) is 5. The van der Waals surface area contributed by atoms with Gasteiger partial charge in [-0.15, -0.1) is 0 Å². The molecule has 0 aliphatic carbocycles. The van der Waals surface area contributed by atoms with Gasteiger partial charge in [0.2, 0.25) is 0 Å². The Bertz CT molecular complexity index is 425. The quantitative estimate of drug-likeness (QED) is 0.745. The lowest BCUT2D eigenvalue weighted by atomic mass is 10.2. The third kappa shape index (κ3) is 7.00. The lowest BCUT2D eigenvalue weighted by molar-refractivity contribution is -0.121. The van der Waals surface area contributed by atoms with Crippen molar-refractivity contribution in [1.82, 2.24) is 10.9 Å². The summed E-state index contributed by atoms with van der Waals surface area (Å²) in [5, 5.41) is -1.22. The van der Waals surface area contributed by atoms with E-state index in [1.165, 1.54) is 6.92 Å². The van der Waals surface area contributed by atoms with Gasteiger partial charge in [0, 0.05) is 0 Å². The molecule has 0 aromatic heterocycles. The number of hydrazine groups is 1. The van der Waals surface area contributed by atoms with Crippen LogP contribution in [-0.4, -0.2) is 37.0 Å². The van der Waals surface area contributed by atoms with Gasteiger partial charge in [0.1, 0.15) is 10.9 Å². The molecule has 0 spiro atoms. The molecule has 0 radical (unpaired) electrons. The van der Waals surface area contributed by atoms with Gasteiger partial charge in [0.05, 0.1) is 5.75 Å².